The number of nitrogens with zero attached hydrogens (tertiary/aromatic N) is 3. The van der Waals surface area contributed by atoms with Crippen LogP contribution in [0, 0.1) is 11.7 Å². The highest BCUT2D eigenvalue weighted by molar-refractivity contribution is 7.81. The number of ketones is 1. The number of carboxylic acids is 1. The standard InChI is InChI=1S/C26H34FN3O4S.2ClH/c27-21-5-2-1-4-20(21)25(26(34)18-7-8-18)30-13-10-22(35)19(16-30)9-12-29-15-14-28(17-23(29)31)11-3-6-24(32)33;;/h1-2,4-5,9,18,22,25,35H,3,6-8,10-17H2,(H,32,33);2*1H/b19-9+;;. The molecule has 11 heteroatoms. The number of thiol groups is 1. The zero-order chi connectivity index (χ0) is 24.9. The minimum atomic E-state index is -0.819. The van der Waals surface area contributed by atoms with Gasteiger partial charge in [0.15, 0.2) is 5.78 Å². The van der Waals surface area contributed by atoms with Crippen molar-refractivity contribution >= 4 is 55.1 Å². The van der Waals surface area contributed by atoms with E-state index in [-0.39, 0.29) is 59.9 Å². The van der Waals surface area contributed by atoms with Crippen molar-refractivity contribution in [1.29, 1.82) is 0 Å². The van der Waals surface area contributed by atoms with Gasteiger partial charge in [0.05, 0.1) is 12.6 Å². The summed E-state index contributed by atoms with van der Waals surface area (Å²) < 4.78 is 14.7. The maximum absolute atomic E-state index is 14.7. The van der Waals surface area contributed by atoms with Crippen molar-refractivity contribution in [3.05, 3.63) is 47.3 Å². The Labute approximate surface area is 235 Å². The highest BCUT2D eigenvalue weighted by Gasteiger charge is 2.40. The van der Waals surface area contributed by atoms with Crippen LogP contribution in [-0.4, -0.2) is 88.5 Å². The molecule has 0 radical (unpaired) electrons. The van der Waals surface area contributed by atoms with Crippen molar-refractivity contribution in [2.45, 2.75) is 43.4 Å². The van der Waals surface area contributed by atoms with Crippen molar-refractivity contribution in [3.63, 3.8) is 0 Å². The van der Waals surface area contributed by atoms with E-state index >= 15 is 0 Å². The van der Waals surface area contributed by atoms with Gasteiger partial charge in [-0.25, -0.2) is 4.39 Å². The molecular formula is C26H36Cl2FN3O4S. The fraction of sp³-hybridized carbons (Fsp3) is 0.577. The molecule has 1 amide bonds. The van der Waals surface area contributed by atoms with E-state index in [1.807, 2.05) is 15.9 Å². The summed E-state index contributed by atoms with van der Waals surface area (Å²) in [5, 5.41) is 8.83. The molecular weight excluding hydrogens is 540 g/mol. The fourth-order valence-electron chi connectivity index (χ4n) is 4.95. The highest BCUT2D eigenvalue weighted by Crippen LogP contribution is 2.39. The lowest BCUT2D eigenvalue weighted by molar-refractivity contribution is -0.137. The van der Waals surface area contributed by atoms with Crippen LogP contribution in [-0.2, 0) is 14.4 Å². The summed E-state index contributed by atoms with van der Waals surface area (Å²) in [5.41, 5.74) is 1.50. The van der Waals surface area contributed by atoms with Gasteiger partial charge >= 0.3 is 5.97 Å². The smallest absolute Gasteiger partial charge is 0.303 e. The van der Waals surface area contributed by atoms with E-state index in [0.29, 0.717) is 51.3 Å². The lowest BCUT2D eigenvalue weighted by atomic mass is 9.93. The number of carboxylic acid groups (broad SMARTS) is 1. The SMILES string of the molecule is Cl.Cl.O=C(O)CCCN1CCN(C/C=C2\CN(C(C(=O)C3CC3)c3ccccc3F)CCC2S)C(=O)C1. The monoisotopic (exact) mass is 575 g/mol. The Morgan fingerprint density at radius 3 is 2.49 bits per heavy atom. The van der Waals surface area contributed by atoms with Crippen molar-refractivity contribution in [2.75, 3.05) is 45.8 Å². The maximum Gasteiger partial charge on any atom is 0.303 e. The van der Waals surface area contributed by atoms with E-state index in [1.165, 1.54) is 6.07 Å². The predicted molar refractivity (Wildman–Crippen MR) is 148 cm³/mol. The third-order valence-electron chi connectivity index (χ3n) is 7.15. The number of likely N-dealkylation sites (tertiary alicyclic amines) is 1. The second kappa shape index (κ2) is 14.5. The zero-order valence-electron chi connectivity index (χ0n) is 20.8. The van der Waals surface area contributed by atoms with E-state index in [0.717, 1.165) is 31.4 Å². The summed E-state index contributed by atoms with van der Waals surface area (Å²) in [6.45, 7) is 3.87. The number of Topliss-reactive ketones (excluding diaryl/α,β-unsaturated/α-hetero) is 1. The molecule has 2 atom stereocenters. The molecule has 2 unspecified atom stereocenters. The second-order valence-electron chi connectivity index (χ2n) is 9.77. The minimum absolute atomic E-state index is 0. The number of piperidine rings is 1. The van der Waals surface area contributed by atoms with Crippen molar-refractivity contribution in [1.82, 2.24) is 14.7 Å². The summed E-state index contributed by atoms with van der Waals surface area (Å²) in [4.78, 5) is 42.4. The minimum Gasteiger partial charge on any atom is -0.481 e. The molecule has 4 rings (SSSR count). The van der Waals surface area contributed by atoms with Gasteiger partial charge in [-0.05, 0) is 43.9 Å². The Kier molecular flexibility index (Phi) is 12.4. The summed E-state index contributed by atoms with van der Waals surface area (Å²) in [5.74, 6) is -1.02. The zero-order valence-corrected chi connectivity index (χ0v) is 23.3. The van der Waals surface area contributed by atoms with E-state index in [4.69, 9.17) is 17.7 Å². The molecule has 2 heterocycles. The van der Waals surface area contributed by atoms with E-state index in [9.17, 15) is 18.8 Å². The molecule has 2 aliphatic heterocycles. The molecule has 1 N–H and O–H groups in total. The normalized spacial score (nSPS) is 22.8. The first-order valence-corrected chi connectivity index (χ1v) is 13.0. The van der Waals surface area contributed by atoms with Crippen molar-refractivity contribution in [2.24, 2.45) is 5.92 Å². The summed E-state index contributed by atoms with van der Waals surface area (Å²) in [6.07, 6.45) is 5.19. The average Bonchev–Trinajstić information content (AvgIpc) is 3.67. The molecule has 1 aromatic rings. The molecule has 0 aromatic heterocycles. The lowest BCUT2D eigenvalue weighted by Crippen LogP contribution is -2.50. The van der Waals surface area contributed by atoms with Crippen LogP contribution in [0.15, 0.2) is 35.9 Å². The van der Waals surface area contributed by atoms with Gasteiger partial charge in [-0.1, -0.05) is 24.3 Å². The predicted octanol–water partition coefficient (Wildman–Crippen LogP) is 3.63. The average molecular weight is 577 g/mol. The van der Waals surface area contributed by atoms with Crippen LogP contribution in [0.4, 0.5) is 4.39 Å². The molecule has 7 nitrogen and oxygen atoms in total. The third-order valence-corrected chi connectivity index (χ3v) is 7.74. The van der Waals surface area contributed by atoms with Gasteiger partial charge in [0.25, 0.3) is 0 Å². The largest absolute Gasteiger partial charge is 0.481 e. The number of carbonyl (C=O) groups excluding carboxylic acids is 2. The number of amides is 1. The summed E-state index contributed by atoms with van der Waals surface area (Å²) in [6, 6.07) is 5.96. The number of piperazine rings is 1. The number of rotatable bonds is 10. The summed E-state index contributed by atoms with van der Waals surface area (Å²) >= 11 is 4.75. The van der Waals surface area contributed by atoms with Crippen LogP contribution in [0.3, 0.4) is 0 Å². The molecule has 37 heavy (non-hydrogen) atoms. The Hall–Kier alpha value is -1.65. The number of halogens is 3. The van der Waals surface area contributed by atoms with Gasteiger partial charge in [-0.15, -0.1) is 24.8 Å². The quantitative estimate of drug-likeness (QED) is 0.327. The molecule has 1 aliphatic carbocycles. The second-order valence-corrected chi connectivity index (χ2v) is 10.4. The van der Waals surface area contributed by atoms with E-state index in [2.05, 4.69) is 4.90 Å². The lowest BCUT2D eigenvalue weighted by Gasteiger charge is -2.38. The number of benzene rings is 1. The van der Waals surface area contributed by atoms with Crippen LogP contribution in [0.25, 0.3) is 0 Å². The first-order chi connectivity index (χ1) is 16.8. The Morgan fingerprint density at radius 1 is 1.11 bits per heavy atom. The Balaban J connectivity index is 0.00000241. The molecule has 0 spiro atoms. The van der Waals surface area contributed by atoms with Crippen molar-refractivity contribution in [3.8, 4) is 0 Å². The van der Waals surface area contributed by atoms with Crippen LogP contribution >= 0.6 is 37.4 Å². The fourth-order valence-corrected chi connectivity index (χ4v) is 5.26. The number of aliphatic carboxylic acids is 1. The summed E-state index contributed by atoms with van der Waals surface area (Å²) in [7, 11) is 0. The van der Waals surface area contributed by atoms with Crippen LogP contribution < -0.4 is 0 Å². The maximum atomic E-state index is 14.7. The molecule has 3 fully saturated rings. The third kappa shape index (κ3) is 8.42. The molecule has 1 aromatic carbocycles. The number of carbonyl (C=O) groups is 3. The van der Waals surface area contributed by atoms with Crippen LogP contribution in [0.1, 0.15) is 43.7 Å². The van der Waals surface area contributed by atoms with Gasteiger partial charge < -0.3 is 10.0 Å². The molecule has 0 bridgehead atoms. The van der Waals surface area contributed by atoms with Gasteiger partial charge in [0.2, 0.25) is 5.91 Å². The topological polar surface area (TPSA) is 81.2 Å². The highest BCUT2D eigenvalue weighted by atomic mass is 35.5. The van der Waals surface area contributed by atoms with E-state index in [1.54, 1.807) is 18.2 Å². The van der Waals surface area contributed by atoms with Gasteiger partial charge in [0, 0.05) is 55.9 Å². The number of hydrogen-bond acceptors (Lipinski definition) is 6. The van der Waals surface area contributed by atoms with E-state index < -0.39 is 12.0 Å². The van der Waals surface area contributed by atoms with Crippen molar-refractivity contribution < 1.29 is 23.9 Å². The first-order valence-electron chi connectivity index (χ1n) is 12.4. The van der Waals surface area contributed by atoms with Crippen LogP contribution in [0.2, 0.25) is 0 Å². The molecule has 3 aliphatic rings. The Bertz CT molecular complexity index is 994. The Morgan fingerprint density at radius 2 is 1.84 bits per heavy atom. The van der Waals surface area contributed by atoms with Gasteiger partial charge in [-0.2, -0.15) is 12.6 Å². The molecule has 1 saturated carbocycles. The number of hydrogen-bond donors (Lipinski definition) is 2. The van der Waals surface area contributed by atoms with Gasteiger partial charge in [-0.3, -0.25) is 24.2 Å². The van der Waals surface area contributed by atoms with Crippen LogP contribution in [0.5, 0.6) is 0 Å². The first kappa shape index (κ1) is 31.6. The molecule has 206 valence electrons. The van der Waals surface area contributed by atoms with Gasteiger partial charge in [0.1, 0.15) is 5.82 Å². The molecule has 2 saturated heterocycles.